The van der Waals surface area contributed by atoms with Gasteiger partial charge in [0.1, 0.15) is 0 Å². The van der Waals surface area contributed by atoms with Gasteiger partial charge in [0.15, 0.2) is 6.29 Å². The molecule has 11 heteroatoms. The zero-order chi connectivity index (χ0) is 28.9. The second-order valence-corrected chi connectivity index (χ2v) is 9.44. The molecule has 2 aromatic carbocycles. The summed E-state index contributed by atoms with van der Waals surface area (Å²) in [6.45, 7) is 3.02. The minimum Gasteiger partial charge on any atom is -0.478 e. The van der Waals surface area contributed by atoms with Gasteiger partial charge in [0.25, 0.3) is 0 Å². The average Bonchev–Trinajstić information content (AvgIpc) is 3.39. The van der Waals surface area contributed by atoms with Crippen molar-refractivity contribution in [2.45, 2.75) is 56.6 Å². The summed E-state index contributed by atoms with van der Waals surface area (Å²) in [6.07, 6.45) is 1.70. The number of esters is 2. The number of rotatable bonds is 10. The molecule has 2 aliphatic rings. The monoisotopic (exact) mass is 557 g/mol. The lowest BCUT2D eigenvalue weighted by molar-refractivity contribution is -0.182. The highest BCUT2D eigenvalue weighted by Gasteiger charge is 2.41. The fraction of sp³-hybridized carbons (Fsp3) is 0.448. The molecule has 2 saturated heterocycles. The third-order valence-corrected chi connectivity index (χ3v) is 6.55. The number of carbonyl (C=O) groups excluding carboxylic acids is 2. The summed E-state index contributed by atoms with van der Waals surface area (Å²) in [4.78, 5) is 49.3. The van der Waals surface area contributed by atoms with E-state index in [-0.39, 0.29) is 17.4 Å². The predicted molar refractivity (Wildman–Crippen MR) is 142 cm³/mol. The molecule has 0 saturated carbocycles. The van der Waals surface area contributed by atoms with Gasteiger partial charge in [-0.2, -0.15) is 0 Å². The summed E-state index contributed by atoms with van der Waals surface area (Å²) in [7, 11) is 2.22. The maximum absolute atomic E-state index is 12.0. The van der Waals surface area contributed by atoms with Crippen LogP contribution in [0, 0.1) is 0 Å². The Morgan fingerprint density at radius 2 is 1.27 bits per heavy atom. The lowest BCUT2D eigenvalue weighted by atomic mass is 10.1. The maximum atomic E-state index is 12.0. The summed E-state index contributed by atoms with van der Waals surface area (Å²) in [6, 6.07) is 15.6. The molecule has 216 valence electrons. The zero-order valence-electron chi connectivity index (χ0n) is 22.3. The lowest BCUT2D eigenvalue weighted by Gasteiger charge is -2.26. The molecule has 2 fully saturated rings. The van der Waals surface area contributed by atoms with Gasteiger partial charge >= 0.3 is 23.9 Å². The highest BCUT2D eigenvalue weighted by molar-refractivity contribution is 5.95. The normalized spacial score (nSPS) is 19.0. The van der Waals surface area contributed by atoms with Crippen LogP contribution in [0.2, 0.25) is 0 Å². The van der Waals surface area contributed by atoms with Crippen molar-refractivity contribution in [3.63, 3.8) is 0 Å². The fourth-order valence-corrected chi connectivity index (χ4v) is 4.37. The Morgan fingerprint density at radius 3 is 1.68 bits per heavy atom. The molecule has 0 aromatic heterocycles. The van der Waals surface area contributed by atoms with E-state index in [4.69, 9.17) is 18.9 Å². The van der Waals surface area contributed by atoms with Crippen LogP contribution in [0.5, 0.6) is 0 Å². The van der Waals surface area contributed by atoms with E-state index < -0.39 is 36.1 Å². The van der Waals surface area contributed by atoms with Crippen LogP contribution in [0.4, 0.5) is 0 Å². The van der Waals surface area contributed by atoms with E-state index in [0.29, 0.717) is 0 Å². The number of carbonyl (C=O) groups is 4. The lowest BCUT2D eigenvalue weighted by Crippen LogP contribution is -2.45. The number of hydrogen-bond donors (Lipinski definition) is 2. The molecule has 2 N–H and O–H groups in total. The summed E-state index contributed by atoms with van der Waals surface area (Å²) < 4.78 is 20.6. The smallest absolute Gasteiger partial charge is 0.349 e. The van der Waals surface area contributed by atoms with Crippen molar-refractivity contribution in [1.29, 1.82) is 0 Å². The van der Waals surface area contributed by atoms with Crippen LogP contribution in [0.15, 0.2) is 60.7 Å². The van der Waals surface area contributed by atoms with Crippen LogP contribution < -0.4 is 0 Å². The van der Waals surface area contributed by atoms with Crippen LogP contribution in [-0.4, -0.2) is 90.3 Å². The third kappa shape index (κ3) is 9.44. The van der Waals surface area contributed by atoms with Gasteiger partial charge in [-0.15, -0.1) is 0 Å². The van der Waals surface area contributed by atoms with Gasteiger partial charge in [-0.1, -0.05) is 36.4 Å². The standard InChI is InChI=1S/C18H14O8.C11H21NO2/c19-15(20)13(25-17(23)11-7-3-1-4-8-11)14(16(21)22)26-18(24)12-9-5-2-6-10-12;1-12-7-2-4-10(12)5-6-11-13-8-3-9-14-11/h1-10,13-14H,(H,19,20)(H,21,22);10-11H,2-9H2,1H3/t13-,14-;10-/m11/s1. The number of benzene rings is 2. The third-order valence-electron chi connectivity index (χ3n) is 6.55. The largest absolute Gasteiger partial charge is 0.478 e. The number of aliphatic carboxylic acids is 2. The van der Waals surface area contributed by atoms with Crippen LogP contribution >= 0.6 is 0 Å². The molecule has 11 nitrogen and oxygen atoms in total. The first-order valence-corrected chi connectivity index (χ1v) is 13.2. The van der Waals surface area contributed by atoms with Crippen molar-refractivity contribution in [3.8, 4) is 0 Å². The molecule has 40 heavy (non-hydrogen) atoms. The Labute approximate surface area is 232 Å². The fourth-order valence-electron chi connectivity index (χ4n) is 4.37. The Kier molecular flexibility index (Phi) is 12.1. The van der Waals surface area contributed by atoms with Crippen molar-refractivity contribution in [3.05, 3.63) is 71.8 Å². The Morgan fingerprint density at radius 1 is 0.800 bits per heavy atom. The molecular formula is C29H35NO10. The van der Waals surface area contributed by atoms with Gasteiger partial charge < -0.3 is 34.1 Å². The number of carboxylic acids is 2. The van der Waals surface area contributed by atoms with Crippen molar-refractivity contribution in [2.75, 3.05) is 26.8 Å². The topological polar surface area (TPSA) is 149 Å². The summed E-state index contributed by atoms with van der Waals surface area (Å²) >= 11 is 0. The van der Waals surface area contributed by atoms with Gasteiger partial charge in [-0.05, 0) is 70.0 Å². The number of nitrogens with zero attached hydrogens (tertiary/aromatic N) is 1. The van der Waals surface area contributed by atoms with E-state index >= 15 is 0 Å². The first kappa shape index (κ1) is 30.7. The SMILES string of the molecule is CN1CCC[C@@H]1CCC1OCCCO1.O=C(O[C@@H](C(=O)O)[C@@H](OC(=O)c1ccccc1)C(=O)O)c1ccccc1. The summed E-state index contributed by atoms with van der Waals surface area (Å²) in [5.74, 6) is -5.63. The van der Waals surface area contributed by atoms with Crippen LogP contribution in [-0.2, 0) is 28.5 Å². The van der Waals surface area contributed by atoms with Gasteiger partial charge in [0.2, 0.25) is 12.2 Å². The quantitative estimate of drug-likeness (QED) is 0.415. The van der Waals surface area contributed by atoms with Crippen LogP contribution in [0.1, 0.15) is 52.8 Å². The molecule has 2 aromatic rings. The number of hydrogen-bond acceptors (Lipinski definition) is 9. The van der Waals surface area contributed by atoms with Crippen molar-refractivity contribution in [1.82, 2.24) is 4.90 Å². The Balaban J connectivity index is 0.000000263. The van der Waals surface area contributed by atoms with Gasteiger partial charge in [0.05, 0.1) is 24.3 Å². The van der Waals surface area contributed by atoms with E-state index in [9.17, 15) is 29.4 Å². The first-order chi connectivity index (χ1) is 19.3. The van der Waals surface area contributed by atoms with Crippen molar-refractivity contribution in [2.24, 2.45) is 0 Å². The molecule has 0 spiro atoms. The minimum atomic E-state index is -2.21. The molecule has 2 aliphatic heterocycles. The van der Waals surface area contributed by atoms with Gasteiger partial charge in [-0.3, -0.25) is 0 Å². The molecule has 3 atom stereocenters. The van der Waals surface area contributed by atoms with Crippen molar-refractivity contribution < 1.29 is 48.3 Å². The van der Waals surface area contributed by atoms with E-state index in [1.165, 1.54) is 74.3 Å². The molecule has 4 rings (SSSR count). The van der Waals surface area contributed by atoms with E-state index in [1.807, 2.05) is 0 Å². The maximum Gasteiger partial charge on any atom is 0.349 e. The summed E-state index contributed by atoms with van der Waals surface area (Å²) in [5.41, 5.74) is 0.0505. The first-order valence-electron chi connectivity index (χ1n) is 13.2. The van der Waals surface area contributed by atoms with Crippen LogP contribution in [0.3, 0.4) is 0 Å². The predicted octanol–water partition coefficient (Wildman–Crippen LogP) is 3.23. The molecule has 0 aliphatic carbocycles. The molecule has 2 heterocycles. The highest BCUT2D eigenvalue weighted by atomic mass is 16.7. The van der Waals surface area contributed by atoms with Crippen molar-refractivity contribution >= 4 is 23.9 Å². The number of likely N-dealkylation sites (tertiary alicyclic amines) is 1. The Bertz CT molecular complexity index is 1030. The van der Waals surface area contributed by atoms with E-state index in [1.54, 1.807) is 12.1 Å². The number of carboxylic acid groups (broad SMARTS) is 2. The second kappa shape index (κ2) is 15.7. The Hall–Kier alpha value is -3.80. The van der Waals surface area contributed by atoms with Gasteiger partial charge in [-0.25, -0.2) is 19.2 Å². The molecule has 0 radical (unpaired) electrons. The van der Waals surface area contributed by atoms with E-state index in [0.717, 1.165) is 32.1 Å². The highest BCUT2D eigenvalue weighted by Crippen LogP contribution is 2.21. The number of ether oxygens (including phenoxy) is 4. The average molecular weight is 558 g/mol. The zero-order valence-corrected chi connectivity index (χ0v) is 22.3. The van der Waals surface area contributed by atoms with Gasteiger partial charge in [0, 0.05) is 6.04 Å². The summed E-state index contributed by atoms with van der Waals surface area (Å²) in [5, 5.41) is 18.5. The molecular weight excluding hydrogens is 522 g/mol. The van der Waals surface area contributed by atoms with Crippen LogP contribution in [0.25, 0.3) is 0 Å². The molecule has 0 amide bonds. The minimum absolute atomic E-state index is 0.0253. The molecule has 0 bridgehead atoms. The molecule has 0 unspecified atom stereocenters. The second-order valence-electron chi connectivity index (χ2n) is 9.44. The van der Waals surface area contributed by atoms with E-state index in [2.05, 4.69) is 11.9 Å².